The van der Waals surface area contributed by atoms with Gasteiger partial charge in [0.15, 0.2) is 11.7 Å². The number of nitriles is 1. The lowest BCUT2D eigenvalue weighted by Gasteiger charge is -2.07. The number of carbonyl (C=O) groups excluding carboxylic acids is 1. The number of rotatable bonds is 7. The summed E-state index contributed by atoms with van der Waals surface area (Å²) < 4.78 is 10.6. The van der Waals surface area contributed by atoms with Crippen LogP contribution in [-0.4, -0.2) is 24.6 Å². The second-order valence-electron chi connectivity index (χ2n) is 5.63. The van der Waals surface area contributed by atoms with Gasteiger partial charge in [0.2, 0.25) is 0 Å². The van der Waals surface area contributed by atoms with E-state index >= 15 is 0 Å². The van der Waals surface area contributed by atoms with Crippen LogP contribution in [0.4, 0.5) is 5.13 Å². The predicted molar refractivity (Wildman–Crippen MR) is 103 cm³/mol. The molecule has 6 nitrogen and oxygen atoms in total. The summed E-state index contributed by atoms with van der Waals surface area (Å²) in [6.07, 6.45) is 2.43. The van der Waals surface area contributed by atoms with Gasteiger partial charge in [-0.05, 0) is 29.8 Å². The Hall–Kier alpha value is -3.37. The molecule has 0 aliphatic carbocycles. The first-order valence-electron chi connectivity index (χ1n) is 8.17. The normalized spacial score (nSPS) is 10.1. The van der Waals surface area contributed by atoms with Gasteiger partial charge in [-0.1, -0.05) is 18.2 Å². The van der Waals surface area contributed by atoms with Crippen molar-refractivity contribution in [1.29, 1.82) is 5.26 Å². The Morgan fingerprint density at radius 2 is 2.00 bits per heavy atom. The average molecular weight is 379 g/mol. The highest BCUT2D eigenvalue weighted by Crippen LogP contribution is 2.22. The molecule has 0 radical (unpaired) electrons. The topological polar surface area (TPSA) is 84.2 Å². The molecule has 27 heavy (non-hydrogen) atoms. The van der Waals surface area contributed by atoms with Gasteiger partial charge in [-0.2, -0.15) is 5.26 Å². The lowest BCUT2D eigenvalue weighted by Crippen LogP contribution is -2.19. The van der Waals surface area contributed by atoms with E-state index < -0.39 is 0 Å². The Kier molecular flexibility index (Phi) is 6.02. The summed E-state index contributed by atoms with van der Waals surface area (Å²) in [5.41, 5.74) is 1.71. The van der Waals surface area contributed by atoms with Crippen molar-refractivity contribution in [2.45, 2.75) is 6.42 Å². The van der Waals surface area contributed by atoms with Crippen LogP contribution < -0.4 is 14.8 Å². The number of benzene rings is 2. The molecule has 0 spiro atoms. The van der Waals surface area contributed by atoms with Crippen LogP contribution in [0.1, 0.15) is 16.0 Å². The Labute approximate surface area is 161 Å². The largest absolute Gasteiger partial charge is 0.497 e. The zero-order chi connectivity index (χ0) is 19.1. The molecular weight excluding hydrogens is 362 g/mol. The van der Waals surface area contributed by atoms with Crippen molar-refractivity contribution in [3.8, 4) is 17.6 Å². The molecule has 1 heterocycles. The SMILES string of the molecule is COc1cccc(OCC(=O)Nc2ncc(Cc3ccc(C#N)cc3)s2)c1. The number of methoxy groups -OCH3 is 1. The molecule has 136 valence electrons. The zero-order valence-electron chi connectivity index (χ0n) is 14.6. The fourth-order valence-electron chi connectivity index (χ4n) is 2.34. The summed E-state index contributed by atoms with van der Waals surface area (Å²) >= 11 is 1.41. The molecule has 0 aliphatic rings. The van der Waals surface area contributed by atoms with E-state index in [1.54, 1.807) is 49.7 Å². The highest BCUT2D eigenvalue weighted by molar-refractivity contribution is 7.15. The van der Waals surface area contributed by atoms with Crippen molar-refractivity contribution in [1.82, 2.24) is 4.98 Å². The lowest BCUT2D eigenvalue weighted by molar-refractivity contribution is -0.118. The molecule has 0 bridgehead atoms. The molecule has 0 atom stereocenters. The minimum absolute atomic E-state index is 0.113. The predicted octanol–water partition coefficient (Wildman–Crippen LogP) is 3.63. The van der Waals surface area contributed by atoms with E-state index in [1.807, 2.05) is 12.1 Å². The monoisotopic (exact) mass is 379 g/mol. The van der Waals surface area contributed by atoms with Gasteiger partial charge in [0.05, 0.1) is 18.7 Å². The molecule has 1 aromatic heterocycles. The number of nitrogens with one attached hydrogen (secondary N) is 1. The molecule has 0 aliphatic heterocycles. The molecule has 1 amide bonds. The fourth-order valence-corrected chi connectivity index (χ4v) is 3.20. The average Bonchev–Trinajstić information content (AvgIpc) is 3.13. The van der Waals surface area contributed by atoms with Gasteiger partial charge in [0.25, 0.3) is 5.91 Å². The van der Waals surface area contributed by atoms with Gasteiger partial charge >= 0.3 is 0 Å². The fraction of sp³-hybridized carbons (Fsp3) is 0.150. The van der Waals surface area contributed by atoms with Gasteiger partial charge in [-0.3, -0.25) is 10.1 Å². The summed E-state index contributed by atoms with van der Waals surface area (Å²) in [4.78, 5) is 17.3. The zero-order valence-corrected chi connectivity index (χ0v) is 15.5. The quantitative estimate of drug-likeness (QED) is 0.678. The van der Waals surface area contributed by atoms with E-state index in [0.717, 1.165) is 10.4 Å². The lowest BCUT2D eigenvalue weighted by atomic mass is 10.1. The standard InChI is InChI=1S/C20H17N3O3S/c1-25-16-3-2-4-17(10-16)26-13-19(24)23-20-22-12-18(27-20)9-14-5-7-15(11-21)8-6-14/h2-8,10,12H,9,13H2,1H3,(H,22,23,24). The molecule has 0 fully saturated rings. The Bertz CT molecular complexity index is 961. The van der Waals surface area contributed by atoms with Crippen LogP contribution >= 0.6 is 11.3 Å². The molecule has 0 saturated carbocycles. The number of carbonyl (C=O) groups is 1. The van der Waals surface area contributed by atoms with Crippen molar-refractivity contribution in [3.05, 3.63) is 70.7 Å². The van der Waals surface area contributed by atoms with E-state index in [9.17, 15) is 4.79 Å². The second-order valence-corrected chi connectivity index (χ2v) is 6.75. The first-order chi connectivity index (χ1) is 13.2. The summed E-state index contributed by atoms with van der Waals surface area (Å²) in [5, 5.41) is 12.1. The summed E-state index contributed by atoms with van der Waals surface area (Å²) in [7, 11) is 1.57. The number of amides is 1. The molecule has 1 N–H and O–H groups in total. The minimum Gasteiger partial charge on any atom is -0.497 e. The van der Waals surface area contributed by atoms with Crippen molar-refractivity contribution in [3.63, 3.8) is 0 Å². The van der Waals surface area contributed by atoms with Gasteiger partial charge < -0.3 is 9.47 Å². The number of thiazole rings is 1. The number of aromatic nitrogens is 1. The van der Waals surface area contributed by atoms with Crippen LogP contribution in [0.5, 0.6) is 11.5 Å². The summed E-state index contributed by atoms with van der Waals surface area (Å²) in [5.74, 6) is 0.947. The van der Waals surface area contributed by atoms with Crippen molar-refractivity contribution < 1.29 is 14.3 Å². The molecule has 2 aromatic carbocycles. The first kappa shape index (κ1) is 18.4. The molecule has 0 saturated heterocycles. The van der Waals surface area contributed by atoms with Gasteiger partial charge in [-0.15, -0.1) is 11.3 Å². The number of hydrogen-bond acceptors (Lipinski definition) is 6. The summed E-state index contributed by atoms with van der Waals surface area (Å²) in [6, 6.07) is 16.6. The van der Waals surface area contributed by atoms with Crippen LogP contribution in [0.2, 0.25) is 0 Å². The van der Waals surface area contributed by atoms with E-state index in [-0.39, 0.29) is 12.5 Å². The molecule has 0 unspecified atom stereocenters. The third-order valence-electron chi connectivity index (χ3n) is 3.67. The molecule has 3 aromatic rings. The number of hydrogen-bond donors (Lipinski definition) is 1. The van der Waals surface area contributed by atoms with Crippen molar-refractivity contribution in [2.24, 2.45) is 0 Å². The second kappa shape index (κ2) is 8.83. The van der Waals surface area contributed by atoms with Crippen LogP contribution in [-0.2, 0) is 11.2 Å². The number of anilines is 1. The van der Waals surface area contributed by atoms with Gasteiger partial charge in [0.1, 0.15) is 11.5 Å². The van der Waals surface area contributed by atoms with Crippen molar-refractivity contribution >= 4 is 22.4 Å². The van der Waals surface area contributed by atoms with Crippen LogP contribution in [0.25, 0.3) is 0 Å². The van der Waals surface area contributed by atoms with Crippen LogP contribution in [0, 0.1) is 11.3 Å². The van der Waals surface area contributed by atoms with E-state index in [2.05, 4.69) is 16.4 Å². The molecule has 7 heteroatoms. The Balaban J connectivity index is 1.52. The molecular formula is C20H17N3O3S. The highest BCUT2D eigenvalue weighted by Gasteiger charge is 2.09. The van der Waals surface area contributed by atoms with E-state index in [0.29, 0.717) is 28.6 Å². The third kappa shape index (κ3) is 5.30. The van der Waals surface area contributed by atoms with Gasteiger partial charge in [0, 0.05) is 23.6 Å². The highest BCUT2D eigenvalue weighted by atomic mass is 32.1. The maximum Gasteiger partial charge on any atom is 0.264 e. The van der Waals surface area contributed by atoms with E-state index in [1.165, 1.54) is 11.3 Å². The minimum atomic E-state index is -0.280. The van der Waals surface area contributed by atoms with Gasteiger partial charge in [-0.25, -0.2) is 4.98 Å². The van der Waals surface area contributed by atoms with Crippen LogP contribution in [0.3, 0.4) is 0 Å². The number of ether oxygens (including phenoxy) is 2. The Morgan fingerprint density at radius 1 is 1.22 bits per heavy atom. The maximum atomic E-state index is 12.0. The smallest absolute Gasteiger partial charge is 0.264 e. The Morgan fingerprint density at radius 3 is 2.74 bits per heavy atom. The maximum absolute atomic E-state index is 12.0. The third-order valence-corrected chi connectivity index (χ3v) is 4.59. The summed E-state index contributed by atoms with van der Waals surface area (Å²) in [6.45, 7) is -0.113. The first-order valence-corrected chi connectivity index (χ1v) is 8.98. The van der Waals surface area contributed by atoms with E-state index in [4.69, 9.17) is 14.7 Å². The van der Waals surface area contributed by atoms with Crippen LogP contribution in [0.15, 0.2) is 54.7 Å². The number of nitrogens with zero attached hydrogens (tertiary/aromatic N) is 2. The van der Waals surface area contributed by atoms with Crippen molar-refractivity contribution in [2.75, 3.05) is 19.0 Å². The molecule has 3 rings (SSSR count).